The van der Waals surface area contributed by atoms with E-state index in [1.54, 1.807) is 0 Å². The molecule has 0 aromatic heterocycles. The first-order valence-corrected chi connectivity index (χ1v) is 4.33. The van der Waals surface area contributed by atoms with Gasteiger partial charge in [0.05, 0.1) is 5.92 Å². The van der Waals surface area contributed by atoms with Crippen LogP contribution in [-0.4, -0.2) is 17.0 Å². The molecule has 0 bridgehead atoms. The van der Waals surface area contributed by atoms with E-state index in [0.29, 0.717) is 0 Å². The van der Waals surface area contributed by atoms with Crippen LogP contribution in [0.15, 0.2) is 0 Å². The minimum absolute atomic E-state index is 0.0309. The van der Waals surface area contributed by atoms with E-state index in [9.17, 15) is 4.79 Å². The summed E-state index contributed by atoms with van der Waals surface area (Å²) >= 11 is 0. The number of rotatable bonds is 1. The summed E-state index contributed by atoms with van der Waals surface area (Å²) in [6.45, 7) is 8.24. The summed E-state index contributed by atoms with van der Waals surface area (Å²) in [7, 11) is 0. The van der Waals surface area contributed by atoms with Crippen LogP contribution in [0.25, 0.3) is 0 Å². The smallest absolute Gasteiger partial charge is 0.222 e. The molecular formula is C9H18N2O. The first-order chi connectivity index (χ1) is 5.25. The number of primary amides is 1. The van der Waals surface area contributed by atoms with Crippen molar-refractivity contribution < 1.29 is 4.79 Å². The van der Waals surface area contributed by atoms with Gasteiger partial charge in [-0.15, -0.1) is 0 Å². The normalized spacial score (nSPS) is 31.8. The second kappa shape index (κ2) is 2.46. The largest absolute Gasteiger partial charge is 0.369 e. The van der Waals surface area contributed by atoms with Crippen molar-refractivity contribution in [2.45, 2.75) is 45.2 Å². The molecule has 1 amide bonds. The first kappa shape index (κ1) is 9.52. The average molecular weight is 170 g/mol. The molecule has 3 nitrogen and oxygen atoms in total. The molecule has 0 aliphatic carbocycles. The third-order valence-electron chi connectivity index (χ3n) is 2.59. The highest BCUT2D eigenvalue weighted by molar-refractivity contribution is 5.78. The van der Waals surface area contributed by atoms with Crippen LogP contribution in [0.5, 0.6) is 0 Å². The Morgan fingerprint density at radius 1 is 1.42 bits per heavy atom. The highest BCUT2D eigenvalue weighted by atomic mass is 16.1. The van der Waals surface area contributed by atoms with Gasteiger partial charge in [0.25, 0.3) is 0 Å². The Labute approximate surface area is 73.7 Å². The lowest BCUT2D eigenvalue weighted by molar-refractivity contribution is -0.123. The summed E-state index contributed by atoms with van der Waals surface area (Å²) in [5.41, 5.74) is 5.19. The first-order valence-electron chi connectivity index (χ1n) is 4.33. The maximum Gasteiger partial charge on any atom is 0.222 e. The molecule has 0 radical (unpaired) electrons. The molecule has 0 saturated carbocycles. The molecule has 0 aromatic carbocycles. The van der Waals surface area contributed by atoms with Crippen molar-refractivity contribution in [3.05, 3.63) is 0 Å². The number of nitrogens with two attached hydrogens (primary N) is 1. The van der Waals surface area contributed by atoms with Crippen LogP contribution in [-0.2, 0) is 4.79 Å². The monoisotopic (exact) mass is 170 g/mol. The Bertz CT molecular complexity index is 209. The fourth-order valence-corrected chi connectivity index (χ4v) is 2.23. The van der Waals surface area contributed by atoms with Crippen molar-refractivity contribution in [3.63, 3.8) is 0 Å². The lowest BCUT2D eigenvalue weighted by atomic mass is 9.87. The predicted octanol–water partition coefficient (Wildman–Crippen LogP) is 0.638. The molecule has 3 N–H and O–H groups in total. The molecule has 0 aromatic rings. The van der Waals surface area contributed by atoms with E-state index in [2.05, 4.69) is 19.2 Å². The van der Waals surface area contributed by atoms with Gasteiger partial charge in [-0.25, -0.2) is 0 Å². The summed E-state index contributed by atoms with van der Waals surface area (Å²) < 4.78 is 0. The van der Waals surface area contributed by atoms with Crippen LogP contribution in [0.1, 0.15) is 34.1 Å². The minimum atomic E-state index is -0.196. The third kappa shape index (κ3) is 1.61. The van der Waals surface area contributed by atoms with Gasteiger partial charge in [-0.3, -0.25) is 4.79 Å². The van der Waals surface area contributed by atoms with Crippen molar-refractivity contribution in [3.8, 4) is 0 Å². The molecule has 1 heterocycles. The second-order valence-corrected chi connectivity index (χ2v) is 4.89. The number of amides is 1. The van der Waals surface area contributed by atoms with E-state index < -0.39 is 0 Å². The third-order valence-corrected chi connectivity index (χ3v) is 2.59. The summed E-state index contributed by atoms with van der Waals surface area (Å²) in [6, 6.07) is 0. The standard InChI is InChI=1S/C9H18N2O/c1-8(2)5-6(7(10)12)9(3,4)11-8/h6,11H,5H2,1-4H3,(H2,10,12)/t6-/m1/s1. The molecule has 3 heteroatoms. The fourth-order valence-electron chi connectivity index (χ4n) is 2.23. The van der Waals surface area contributed by atoms with Gasteiger partial charge in [0, 0.05) is 11.1 Å². The minimum Gasteiger partial charge on any atom is -0.369 e. The van der Waals surface area contributed by atoms with E-state index in [-0.39, 0.29) is 22.9 Å². The predicted molar refractivity (Wildman–Crippen MR) is 48.6 cm³/mol. The summed E-state index contributed by atoms with van der Waals surface area (Å²) in [5, 5.41) is 3.40. The molecule has 1 aliphatic rings. The number of nitrogens with one attached hydrogen (secondary N) is 1. The summed E-state index contributed by atoms with van der Waals surface area (Å²) in [5.74, 6) is -0.245. The van der Waals surface area contributed by atoms with Gasteiger partial charge in [-0.2, -0.15) is 0 Å². The van der Waals surface area contributed by atoms with Gasteiger partial charge in [0.2, 0.25) is 5.91 Å². The Morgan fingerprint density at radius 3 is 2.08 bits per heavy atom. The van der Waals surface area contributed by atoms with E-state index >= 15 is 0 Å². The number of hydrogen-bond acceptors (Lipinski definition) is 2. The SMILES string of the molecule is CC1(C)C[C@H](C(N)=O)C(C)(C)N1. The zero-order valence-corrected chi connectivity index (χ0v) is 8.27. The fraction of sp³-hybridized carbons (Fsp3) is 0.889. The van der Waals surface area contributed by atoms with Crippen LogP contribution < -0.4 is 11.1 Å². The molecule has 1 fully saturated rings. The molecule has 0 spiro atoms. The van der Waals surface area contributed by atoms with E-state index in [0.717, 1.165) is 6.42 Å². The number of carbonyl (C=O) groups excluding carboxylic acids is 1. The van der Waals surface area contributed by atoms with Crippen molar-refractivity contribution in [2.24, 2.45) is 11.7 Å². The van der Waals surface area contributed by atoms with Crippen molar-refractivity contribution in [1.82, 2.24) is 5.32 Å². The second-order valence-electron chi connectivity index (χ2n) is 4.89. The van der Waals surface area contributed by atoms with Gasteiger partial charge < -0.3 is 11.1 Å². The maximum absolute atomic E-state index is 11.1. The average Bonchev–Trinajstić information content (AvgIpc) is 1.99. The Morgan fingerprint density at radius 2 is 1.92 bits per heavy atom. The Hall–Kier alpha value is -0.570. The zero-order chi connectivity index (χ0) is 9.57. The molecule has 12 heavy (non-hydrogen) atoms. The number of hydrogen-bond donors (Lipinski definition) is 2. The van der Waals surface area contributed by atoms with Gasteiger partial charge in [0.1, 0.15) is 0 Å². The van der Waals surface area contributed by atoms with E-state index in [1.165, 1.54) is 0 Å². The molecule has 70 valence electrons. The highest BCUT2D eigenvalue weighted by Crippen LogP contribution is 2.35. The highest BCUT2D eigenvalue weighted by Gasteiger charge is 2.46. The van der Waals surface area contributed by atoms with Gasteiger partial charge >= 0.3 is 0 Å². The number of carbonyl (C=O) groups is 1. The van der Waals surface area contributed by atoms with Crippen LogP contribution in [0.2, 0.25) is 0 Å². The molecular weight excluding hydrogens is 152 g/mol. The molecule has 1 aliphatic heterocycles. The van der Waals surface area contributed by atoms with Crippen molar-refractivity contribution >= 4 is 5.91 Å². The van der Waals surface area contributed by atoms with Gasteiger partial charge in [0.15, 0.2) is 0 Å². The van der Waals surface area contributed by atoms with E-state index in [1.807, 2.05) is 13.8 Å². The lowest BCUT2D eigenvalue weighted by Crippen LogP contribution is -2.47. The van der Waals surface area contributed by atoms with Crippen LogP contribution in [0, 0.1) is 5.92 Å². The van der Waals surface area contributed by atoms with E-state index in [4.69, 9.17) is 5.73 Å². The molecule has 1 saturated heterocycles. The Balaban J connectivity index is 2.85. The van der Waals surface area contributed by atoms with Crippen LogP contribution in [0.4, 0.5) is 0 Å². The van der Waals surface area contributed by atoms with Gasteiger partial charge in [-0.05, 0) is 34.1 Å². The van der Waals surface area contributed by atoms with Crippen molar-refractivity contribution in [1.29, 1.82) is 0 Å². The van der Waals surface area contributed by atoms with Crippen LogP contribution in [0.3, 0.4) is 0 Å². The van der Waals surface area contributed by atoms with Crippen LogP contribution >= 0.6 is 0 Å². The summed E-state index contributed by atoms with van der Waals surface area (Å²) in [4.78, 5) is 11.1. The molecule has 0 unspecified atom stereocenters. The quantitative estimate of drug-likeness (QED) is 0.606. The topological polar surface area (TPSA) is 55.1 Å². The molecule has 1 atom stereocenters. The zero-order valence-electron chi connectivity index (χ0n) is 8.27. The Kier molecular flexibility index (Phi) is 1.95. The van der Waals surface area contributed by atoms with Gasteiger partial charge in [-0.1, -0.05) is 0 Å². The lowest BCUT2D eigenvalue weighted by Gasteiger charge is -2.26. The molecule has 1 rings (SSSR count). The van der Waals surface area contributed by atoms with Crippen molar-refractivity contribution in [2.75, 3.05) is 0 Å². The maximum atomic E-state index is 11.1. The summed E-state index contributed by atoms with van der Waals surface area (Å²) in [6.07, 6.45) is 0.829.